The second kappa shape index (κ2) is 6.14. The van der Waals surface area contributed by atoms with E-state index < -0.39 is 0 Å². The molecule has 0 saturated heterocycles. The summed E-state index contributed by atoms with van der Waals surface area (Å²) < 4.78 is 0. The Hall–Kier alpha value is -1.43. The predicted molar refractivity (Wildman–Crippen MR) is 70.7 cm³/mol. The van der Waals surface area contributed by atoms with Crippen molar-refractivity contribution in [3.63, 3.8) is 0 Å². The number of aliphatic hydroxyl groups is 1. The molecule has 106 valence electrons. The van der Waals surface area contributed by atoms with Gasteiger partial charge in [0.2, 0.25) is 5.82 Å². The maximum Gasteiger partial charge on any atom is 0.290 e. The first-order valence-electron chi connectivity index (χ1n) is 6.93. The summed E-state index contributed by atoms with van der Waals surface area (Å²) in [6.07, 6.45) is 3.25. The van der Waals surface area contributed by atoms with Crippen molar-refractivity contribution >= 4 is 5.91 Å². The van der Waals surface area contributed by atoms with Crippen LogP contribution in [0.3, 0.4) is 0 Å². The van der Waals surface area contributed by atoms with Crippen LogP contribution in [0, 0.1) is 11.8 Å². The van der Waals surface area contributed by atoms with Crippen molar-refractivity contribution in [2.45, 2.75) is 39.0 Å². The van der Waals surface area contributed by atoms with Gasteiger partial charge in [-0.2, -0.15) is 0 Å². The number of nitrogens with one attached hydrogen (secondary N) is 2. The van der Waals surface area contributed by atoms with Crippen molar-refractivity contribution in [3.8, 4) is 0 Å². The number of carbonyl (C=O) groups is 1. The molecule has 0 aromatic carbocycles. The van der Waals surface area contributed by atoms with E-state index in [0.29, 0.717) is 18.4 Å². The zero-order valence-corrected chi connectivity index (χ0v) is 11.5. The Bertz CT molecular complexity index is 430. The van der Waals surface area contributed by atoms with Gasteiger partial charge in [-0.05, 0) is 24.7 Å². The van der Waals surface area contributed by atoms with Crippen LogP contribution >= 0.6 is 0 Å². The molecule has 6 nitrogen and oxygen atoms in total. The molecule has 1 aliphatic carbocycles. The van der Waals surface area contributed by atoms with Crippen molar-refractivity contribution in [2.75, 3.05) is 13.2 Å². The number of amides is 1. The summed E-state index contributed by atoms with van der Waals surface area (Å²) in [6.45, 7) is 4.79. The van der Waals surface area contributed by atoms with Gasteiger partial charge in [-0.1, -0.05) is 20.3 Å². The van der Waals surface area contributed by atoms with E-state index in [9.17, 15) is 9.90 Å². The lowest BCUT2D eigenvalue weighted by molar-refractivity contribution is 0.0927. The van der Waals surface area contributed by atoms with E-state index in [1.54, 1.807) is 0 Å². The molecule has 19 heavy (non-hydrogen) atoms. The Balaban J connectivity index is 1.86. The van der Waals surface area contributed by atoms with Crippen molar-refractivity contribution in [3.05, 3.63) is 11.6 Å². The molecule has 1 heterocycles. The number of rotatable bonds is 5. The van der Waals surface area contributed by atoms with Gasteiger partial charge in [-0.15, -0.1) is 5.10 Å². The van der Waals surface area contributed by atoms with Crippen LogP contribution in [-0.2, 0) is 0 Å². The Kier molecular flexibility index (Phi) is 4.52. The standard InChI is InChI=1S/C13H22N4O2/c1-8(2)11-15-12(17-16-11)13(19)14-6-9-4-3-5-10(9)7-18/h8-10,18H,3-7H2,1-2H3,(H,14,19)(H,15,16,17). The van der Waals surface area contributed by atoms with E-state index in [2.05, 4.69) is 20.5 Å². The molecule has 0 radical (unpaired) electrons. The molecule has 3 N–H and O–H groups in total. The molecule has 2 unspecified atom stereocenters. The summed E-state index contributed by atoms with van der Waals surface area (Å²) in [4.78, 5) is 16.1. The summed E-state index contributed by atoms with van der Waals surface area (Å²) in [6, 6.07) is 0. The van der Waals surface area contributed by atoms with Gasteiger partial charge in [0.1, 0.15) is 5.82 Å². The number of aliphatic hydroxyl groups excluding tert-OH is 1. The number of hydrogen-bond donors (Lipinski definition) is 3. The lowest BCUT2D eigenvalue weighted by Crippen LogP contribution is -2.32. The van der Waals surface area contributed by atoms with Crippen molar-refractivity contribution in [1.29, 1.82) is 0 Å². The summed E-state index contributed by atoms with van der Waals surface area (Å²) in [5.74, 6) is 1.59. The second-order valence-electron chi connectivity index (χ2n) is 5.54. The van der Waals surface area contributed by atoms with Gasteiger partial charge in [-0.3, -0.25) is 9.89 Å². The summed E-state index contributed by atoms with van der Waals surface area (Å²) in [5.41, 5.74) is 0. The van der Waals surface area contributed by atoms with E-state index >= 15 is 0 Å². The highest BCUT2D eigenvalue weighted by molar-refractivity contribution is 5.90. The molecule has 0 bridgehead atoms. The van der Waals surface area contributed by atoms with Gasteiger partial charge in [-0.25, -0.2) is 4.98 Å². The zero-order valence-electron chi connectivity index (χ0n) is 11.5. The van der Waals surface area contributed by atoms with Gasteiger partial charge in [0.15, 0.2) is 0 Å². The Morgan fingerprint density at radius 2 is 2.21 bits per heavy atom. The van der Waals surface area contributed by atoms with E-state index in [4.69, 9.17) is 0 Å². The summed E-state index contributed by atoms with van der Waals surface area (Å²) >= 11 is 0. The number of hydrogen-bond acceptors (Lipinski definition) is 4. The minimum Gasteiger partial charge on any atom is -0.396 e. The van der Waals surface area contributed by atoms with Crippen LogP contribution in [-0.4, -0.2) is 39.3 Å². The molecule has 2 rings (SSSR count). The highest BCUT2D eigenvalue weighted by atomic mass is 16.3. The molecule has 1 fully saturated rings. The average Bonchev–Trinajstić information content (AvgIpc) is 3.04. The van der Waals surface area contributed by atoms with Gasteiger partial charge in [0.05, 0.1) is 0 Å². The fourth-order valence-electron chi connectivity index (χ4n) is 2.56. The third kappa shape index (κ3) is 3.32. The minimum atomic E-state index is -0.244. The van der Waals surface area contributed by atoms with E-state index in [0.717, 1.165) is 25.1 Å². The molecule has 1 aromatic rings. The first-order chi connectivity index (χ1) is 9.11. The number of aromatic amines is 1. The fraction of sp³-hybridized carbons (Fsp3) is 0.769. The molecule has 1 amide bonds. The first-order valence-corrected chi connectivity index (χ1v) is 6.93. The SMILES string of the molecule is CC(C)c1nc(C(=O)NCC2CCCC2CO)n[nH]1. The van der Waals surface area contributed by atoms with Gasteiger partial charge in [0, 0.05) is 19.1 Å². The number of nitrogens with zero attached hydrogens (tertiary/aromatic N) is 2. The van der Waals surface area contributed by atoms with Crippen LogP contribution in [0.15, 0.2) is 0 Å². The molecule has 0 aliphatic heterocycles. The number of H-pyrrole nitrogens is 1. The quantitative estimate of drug-likeness (QED) is 0.743. The molecular formula is C13H22N4O2. The molecule has 6 heteroatoms. The second-order valence-corrected chi connectivity index (χ2v) is 5.54. The monoisotopic (exact) mass is 266 g/mol. The van der Waals surface area contributed by atoms with Crippen molar-refractivity contribution in [1.82, 2.24) is 20.5 Å². The largest absolute Gasteiger partial charge is 0.396 e. The lowest BCUT2D eigenvalue weighted by Gasteiger charge is -2.17. The number of aromatic nitrogens is 3. The molecule has 1 saturated carbocycles. The highest BCUT2D eigenvalue weighted by Crippen LogP contribution is 2.30. The first kappa shape index (κ1) is 14.0. The maximum absolute atomic E-state index is 11.9. The van der Waals surface area contributed by atoms with E-state index in [1.807, 2.05) is 13.8 Å². The minimum absolute atomic E-state index is 0.197. The lowest BCUT2D eigenvalue weighted by atomic mass is 9.97. The van der Waals surface area contributed by atoms with Crippen LogP contribution in [0.4, 0.5) is 0 Å². The topological polar surface area (TPSA) is 90.9 Å². The highest BCUT2D eigenvalue weighted by Gasteiger charge is 2.27. The van der Waals surface area contributed by atoms with Crippen LogP contribution in [0.5, 0.6) is 0 Å². The molecule has 2 atom stereocenters. The predicted octanol–water partition coefficient (Wildman–Crippen LogP) is 1.07. The van der Waals surface area contributed by atoms with E-state index in [-0.39, 0.29) is 24.3 Å². The van der Waals surface area contributed by atoms with Crippen molar-refractivity contribution in [2.24, 2.45) is 11.8 Å². The Labute approximate surface area is 113 Å². The smallest absolute Gasteiger partial charge is 0.290 e. The summed E-state index contributed by atoms with van der Waals surface area (Å²) in [5, 5.41) is 18.8. The Morgan fingerprint density at radius 1 is 1.47 bits per heavy atom. The van der Waals surface area contributed by atoms with Crippen LogP contribution in [0.25, 0.3) is 0 Å². The van der Waals surface area contributed by atoms with Gasteiger partial charge < -0.3 is 10.4 Å². The fourth-order valence-corrected chi connectivity index (χ4v) is 2.56. The van der Waals surface area contributed by atoms with Gasteiger partial charge in [0.25, 0.3) is 5.91 Å². The van der Waals surface area contributed by atoms with Crippen LogP contribution in [0.2, 0.25) is 0 Å². The zero-order chi connectivity index (χ0) is 13.8. The molecule has 0 spiro atoms. The average molecular weight is 266 g/mol. The normalized spacial score (nSPS) is 22.9. The number of carbonyl (C=O) groups excluding carboxylic acids is 1. The van der Waals surface area contributed by atoms with Crippen LogP contribution in [0.1, 0.15) is 55.5 Å². The third-order valence-electron chi connectivity index (χ3n) is 3.83. The third-order valence-corrected chi connectivity index (χ3v) is 3.83. The maximum atomic E-state index is 11.9. The molecule has 1 aliphatic rings. The molecular weight excluding hydrogens is 244 g/mol. The molecule has 1 aromatic heterocycles. The van der Waals surface area contributed by atoms with Crippen molar-refractivity contribution < 1.29 is 9.90 Å². The summed E-state index contributed by atoms with van der Waals surface area (Å²) in [7, 11) is 0. The van der Waals surface area contributed by atoms with Crippen LogP contribution < -0.4 is 5.32 Å². The van der Waals surface area contributed by atoms with Gasteiger partial charge >= 0.3 is 0 Å². The van der Waals surface area contributed by atoms with E-state index in [1.165, 1.54) is 0 Å². The Morgan fingerprint density at radius 3 is 2.84 bits per heavy atom.